The Morgan fingerprint density at radius 3 is 0.615 bits per heavy atom. The summed E-state index contributed by atoms with van der Waals surface area (Å²) in [6.07, 6.45) is 0. The zero-order chi connectivity index (χ0) is 89.2. The highest BCUT2D eigenvalue weighted by atomic mass is 16.3. The standard InChI is InChI=1S/3C44H28O/c1-2-13-29(14-3-1)30-15-10-17-32(27-30)42-35-19-4-6-21-37(35)43(38-22-7-5-20-36(38)42)33-18-11-16-31(28-33)34-24-12-26-41-44(34)39-23-8-9-25-40(39)45-41;1-2-14-29(15-3-1)32-18-4-5-19-34(32)43-37-22-8-6-20-35(37)42(36-21-7-9-23-38(36)43)31-17-12-16-30(28-31)33-25-13-27-41-44(33)39-24-10-11-26-40(39)45-41;1-2-14-29(15-3-1)30-16-12-17-31(28-30)42-35-20-6-8-22-37(35)43(38-23-9-7-21-36(38)42)33-19-5-4-18-32(33)34-25-13-27-41-44(34)39-24-10-11-26-40(39)45-41/h3*1-28H. The first-order chi connectivity index (χ1) is 67.0. The van der Waals surface area contributed by atoms with Gasteiger partial charge in [-0.1, -0.05) is 449 Å². The van der Waals surface area contributed by atoms with E-state index in [1.807, 2.05) is 30.3 Å². The number of fused-ring (bicyclic) bond motifs is 15. The van der Waals surface area contributed by atoms with Crippen LogP contribution in [0.15, 0.2) is 523 Å². The van der Waals surface area contributed by atoms with Gasteiger partial charge in [0.2, 0.25) is 0 Å². The fourth-order valence-electron chi connectivity index (χ4n) is 21.4. The van der Waals surface area contributed by atoms with E-state index >= 15 is 0 Å². The summed E-state index contributed by atoms with van der Waals surface area (Å²) in [5, 5.41) is 21.9. The quantitative estimate of drug-likeness (QED) is 0.114. The molecule has 27 rings (SSSR count). The monoisotopic (exact) mass is 1720 g/mol. The molecule has 3 aromatic heterocycles. The van der Waals surface area contributed by atoms with Crippen LogP contribution in [0.25, 0.3) is 264 Å². The van der Waals surface area contributed by atoms with Crippen LogP contribution in [-0.4, -0.2) is 0 Å². The Bertz CT molecular complexity index is 9130. The Morgan fingerprint density at radius 2 is 0.289 bits per heavy atom. The number of benzene rings is 24. The molecule has 24 aromatic carbocycles. The highest BCUT2D eigenvalue weighted by molar-refractivity contribution is 6.27. The van der Waals surface area contributed by atoms with Gasteiger partial charge in [0.25, 0.3) is 0 Å². The fraction of sp³-hybridized carbons (Fsp3) is 0. The van der Waals surface area contributed by atoms with E-state index in [0.717, 1.165) is 65.8 Å². The van der Waals surface area contributed by atoms with Crippen LogP contribution in [0, 0.1) is 0 Å². The Kier molecular flexibility index (Phi) is 20.0. The minimum Gasteiger partial charge on any atom is -0.456 e. The first-order valence-corrected chi connectivity index (χ1v) is 46.3. The van der Waals surface area contributed by atoms with Gasteiger partial charge in [-0.05, 0) is 259 Å². The number of hydrogen-bond acceptors (Lipinski definition) is 3. The molecule has 3 nitrogen and oxygen atoms in total. The summed E-state index contributed by atoms with van der Waals surface area (Å²) in [5.74, 6) is 0. The summed E-state index contributed by atoms with van der Waals surface area (Å²) in [5.41, 5.74) is 34.8. The molecule has 27 aromatic rings. The van der Waals surface area contributed by atoms with Gasteiger partial charge in [0.1, 0.15) is 33.5 Å². The normalized spacial score (nSPS) is 11.6. The molecular weight excluding hydrogens is 1630 g/mol. The van der Waals surface area contributed by atoms with Gasteiger partial charge in [-0.15, -0.1) is 0 Å². The molecule has 0 atom stereocenters. The molecule has 0 N–H and O–H groups in total. The predicted octanol–water partition coefficient (Wildman–Crippen LogP) is 37.7. The van der Waals surface area contributed by atoms with E-state index < -0.39 is 0 Å². The average molecular weight is 1720 g/mol. The Morgan fingerprint density at radius 1 is 0.0963 bits per heavy atom. The van der Waals surface area contributed by atoms with E-state index in [1.54, 1.807) is 0 Å². The lowest BCUT2D eigenvalue weighted by Gasteiger charge is -2.20. The molecule has 0 amide bonds. The smallest absolute Gasteiger partial charge is 0.136 e. The van der Waals surface area contributed by atoms with Crippen molar-refractivity contribution in [3.8, 4) is 134 Å². The minimum absolute atomic E-state index is 0.909. The van der Waals surface area contributed by atoms with E-state index in [4.69, 9.17) is 13.3 Å². The molecule has 0 unspecified atom stereocenters. The topological polar surface area (TPSA) is 39.4 Å². The molecule has 0 aliphatic rings. The molecule has 0 saturated carbocycles. The van der Waals surface area contributed by atoms with Gasteiger partial charge in [-0.3, -0.25) is 0 Å². The molecule has 0 aliphatic carbocycles. The minimum atomic E-state index is 0.909. The predicted molar refractivity (Wildman–Crippen MR) is 571 cm³/mol. The van der Waals surface area contributed by atoms with E-state index in [1.165, 1.54) is 198 Å². The summed E-state index contributed by atoms with van der Waals surface area (Å²) >= 11 is 0. The number of rotatable bonds is 12. The van der Waals surface area contributed by atoms with Crippen molar-refractivity contribution >= 4 is 130 Å². The highest BCUT2D eigenvalue weighted by Gasteiger charge is 2.26. The Balaban J connectivity index is 0.000000108. The van der Waals surface area contributed by atoms with Crippen LogP contribution < -0.4 is 0 Å². The first-order valence-electron chi connectivity index (χ1n) is 46.3. The fourth-order valence-corrected chi connectivity index (χ4v) is 21.4. The molecule has 3 heteroatoms. The maximum absolute atomic E-state index is 6.31. The summed E-state index contributed by atoms with van der Waals surface area (Å²) in [6, 6.07) is 183. The maximum atomic E-state index is 6.31. The third-order valence-corrected chi connectivity index (χ3v) is 27.2. The molecule has 0 fully saturated rings. The van der Waals surface area contributed by atoms with Crippen molar-refractivity contribution in [1.29, 1.82) is 0 Å². The van der Waals surface area contributed by atoms with Crippen LogP contribution >= 0.6 is 0 Å². The van der Waals surface area contributed by atoms with Gasteiger partial charge in [-0.25, -0.2) is 0 Å². The molecule has 0 aliphatic heterocycles. The zero-order valence-electron chi connectivity index (χ0n) is 73.7. The Labute approximate surface area is 781 Å². The molecular formula is C132H84O3. The lowest BCUT2D eigenvalue weighted by atomic mass is 9.83. The SMILES string of the molecule is c1ccc(-c2cccc(-c3c4ccccc4c(-c4cccc(-c5cccc6oc7ccccc7c56)c4)c4ccccc34)c2)cc1.c1ccc(-c2cccc(-c3c4ccccc4c(-c4ccccc4-c4cccc5oc6ccccc6c45)c4ccccc34)c2)cc1.c1ccc(-c2ccccc2-c2c3ccccc3c(-c3cccc(-c4cccc5oc6ccccc6c45)c3)c3ccccc23)cc1. The van der Waals surface area contributed by atoms with Crippen LogP contribution in [0.2, 0.25) is 0 Å². The number of hydrogen-bond donors (Lipinski definition) is 0. The molecule has 135 heavy (non-hydrogen) atoms. The van der Waals surface area contributed by atoms with Crippen molar-refractivity contribution in [2.45, 2.75) is 0 Å². The summed E-state index contributed by atoms with van der Waals surface area (Å²) in [4.78, 5) is 0. The van der Waals surface area contributed by atoms with E-state index in [-0.39, 0.29) is 0 Å². The van der Waals surface area contributed by atoms with Crippen molar-refractivity contribution < 1.29 is 13.3 Å². The van der Waals surface area contributed by atoms with Crippen LogP contribution in [-0.2, 0) is 0 Å². The van der Waals surface area contributed by atoms with Gasteiger partial charge < -0.3 is 13.3 Å². The molecule has 630 valence electrons. The lowest BCUT2D eigenvalue weighted by Crippen LogP contribution is -1.93. The van der Waals surface area contributed by atoms with Gasteiger partial charge >= 0.3 is 0 Å². The second-order valence-corrected chi connectivity index (χ2v) is 34.9. The van der Waals surface area contributed by atoms with Crippen LogP contribution in [0.3, 0.4) is 0 Å². The first kappa shape index (κ1) is 79.4. The number of para-hydroxylation sites is 3. The second-order valence-electron chi connectivity index (χ2n) is 34.9. The summed E-state index contributed by atoms with van der Waals surface area (Å²) < 4.78 is 18.8. The molecule has 0 radical (unpaired) electrons. The van der Waals surface area contributed by atoms with E-state index in [0.29, 0.717) is 0 Å². The molecule has 0 saturated heterocycles. The van der Waals surface area contributed by atoms with Crippen molar-refractivity contribution in [3.05, 3.63) is 510 Å². The molecule has 0 bridgehead atoms. The Hall–Kier alpha value is -17.8. The largest absolute Gasteiger partial charge is 0.456 e. The summed E-state index contributed by atoms with van der Waals surface area (Å²) in [6.45, 7) is 0. The van der Waals surface area contributed by atoms with E-state index in [2.05, 4.69) is 479 Å². The molecule has 3 heterocycles. The lowest BCUT2D eigenvalue weighted by molar-refractivity contribution is 0.668. The van der Waals surface area contributed by atoms with Crippen molar-refractivity contribution in [2.75, 3.05) is 0 Å². The van der Waals surface area contributed by atoms with Gasteiger partial charge in [0.15, 0.2) is 0 Å². The maximum Gasteiger partial charge on any atom is 0.136 e. The zero-order valence-corrected chi connectivity index (χ0v) is 73.7. The van der Waals surface area contributed by atoms with Crippen molar-refractivity contribution in [1.82, 2.24) is 0 Å². The van der Waals surface area contributed by atoms with Crippen molar-refractivity contribution in [3.63, 3.8) is 0 Å². The van der Waals surface area contributed by atoms with Crippen LogP contribution in [0.4, 0.5) is 0 Å². The van der Waals surface area contributed by atoms with Crippen LogP contribution in [0.1, 0.15) is 0 Å². The molecule has 0 spiro atoms. The highest BCUT2D eigenvalue weighted by Crippen LogP contribution is 2.53. The van der Waals surface area contributed by atoms with Gasteiger partial charge in [0, 0.05) is 32.3 Å². The van der Waals surface area contributed by atoms with Gasteiger partial charge in [-0.2, -0.15) is 0 Å². The summed E-state index contributed by atoms with van der Waals surface area (Å²) in [7, 11) is 0. The van der Waals surface area contributed by atoms with Crippen LogP contribution in [0.5, 0.6) is 0 Å². The van der Waals surface area contributed by atoms with E-state index in [9.17, 15) is 0 Å². The third-order valence-electron chi connectivity index (χ3n) is 27.2. The third kappa shape index (κ3) is 14.0. The van der Waals surface area contributed by atoms with Gasteiger partial charge in [0.05, 0.1) is 0 Å². The number of furan rings is 3. The average Bonchev–Trinajstić information content (AvgIpc) is 1.64. The van der Waals surface area contributed by atoms with Crippen molar-refractivity contribution in [2.24, 2.45) is 0 Å². The second kappa shape index (κ2) is 33.9.